The number of benzene rings is 1. The zero-order chi connectivity index (χ0) is 18.9. The lowest BCUT2D eigenvalue weighted by Crippen LogP contribution is -2.51. The number of hydrogen-bond donors (Lipinski definition) is 1. The van der Waals surface area contributed by atoms with Crippen LogP contribution >= 0.6 is 0 Å². The van der Waals surface area contributed by atoms with Crippen LogP contribution in [0.3, 0.4) is 0 Å². The molecule has 0 unspecified atom stereocenters. The van der Waals surface area contributed by atoms with Crippen molar-refractivity contribution in [2.75, 3.05) is 38.2 Å². The van der Waals surface area contributed by atoms with Crippen LogP contribution in [0.15, 0.2) is 24.3 Å². The van der Waals surface area contributed by atoms with E-state index in [2.05, 4.69) is 5.32 Å². The largest absolute Gasteiger partial charge is 0.494 e. The van der Waals surface area contributed by atoms with E-state index < -0.39 is 11.2 Å². The highest BCUT2D eigenvalue weighted by Gasteiger charge is 2.58. The number of amides is 2. The molecule has 4 rings (SSSR count). The number of anilines is 1. The fourth-order valence-corrected chi connectivity index (χ4v) is 3.85. The van der Waals surface area contributed by atoms with Gasteiger partial charge >= 0.3 is 0 Å². The minimum atomic E-state index is -0.916. The van der Waals surface area contributed by atoms with E-state index >= 15 is 0 Å². The molecule has 0 aromatic heterocycles. The van der Waals surface area contributed by atoms with E-state index in [0.717, 1.165) is 5.75 Å². The number of likely N-dealkylation sites (tertiary alicyclic amines) is 1. The van der Waals surface area contributed by atoms with Crippen molar-refractivity contribution in [3.05, 3.63) is 24.3 Å². The third-order valence-corrected chi connectivity index (χ3v) is 5.64. The molecule has 3 aliphatic rings. The number of nitrogens with zero attached hydrogens (tertiary/aromatic N) is 1. The molecule has 0 atom stereocenters. The summed E-state index contributed by atoms with van der Waals surface area (Å²) in [5.74, 6) is -0.0478. The van der Waals surface area contributed by atoms with Crippen LogP contribution in [0, 0.1) is 5.41 Å². The topological polar surface area (TPSA) is 77.1 Å². The Hall–Kier alpha value is -2.12. The third kappa shape index (κ3) is 3.53. The van der Waals surface area contributed by atoms with Crippen LogP contribution in [0.5, 0.6) is 5.75 Å². The van der Waals surface area contributed by atoms with Gasteiger partial charge in [0.25, 0.3) is 0 Å². The molecular formula is C20H26N2O5. The van der Waals surface area contributed by atoms with Gasteiger partial charge in [-0.3, -0.25) is 9.59 Å². The third-order valence-electron chi connectivity index (χ3n) is 5.64. The summed E-state index contributed by atoms with van der Waals surface area (Å²) < 4.78 is 16.8. The summed E-state index contributed by atoms with van der Waals surface area (Å²) in [7, 11) is 0. The van der Waals surface area contributed by atoms with E-state index in [0.29, 0.717) is 64.3 Å². The zero-order valence-electron chi connectivity index (χ0n) is 15.7. The minimum Gasteiger partial charge on any atom is -0.494 e. The summed E-state index contributed by atoms with van der Waals surface area (Å²) in [6.07, 6.45) is 2.53. The van der Waals surface area contributed by atoms with E-state index in [1.165, 1.54) is 0 Å². The molecule has 1 N–H and O–H groups in total. The summed E-state index contributed by atoms with van der Waals surface area (Å²) in [5, 5.41) is 2.89. The van der Waals surface area contributed by atoms with Crippen molar-refractivity contribution in [2.24, 2.45) is 5.41 Å². The fraction of sp³-hybridized carbons (Fsp3) is 0.600. The Labute approximate surface area is 158 Å². The van der Waals surface area contributed by atoms with Crippen LogP contribution in [-0.2, 0) is 19.1 Å². The van der Waals surface area contributed by atoms with Crippen molar-refractivity contribution in [3.63, 3.8) is 0 Å². The Morgan fingerprint density at radius 2 is 1.70 bits per heavy atom. The van der Waals surface area contributed by atoms with E-state index in [1.807, 2.05) is 19.1 Å². The molecule has 2 saturated heterocycles. The molecule has 27 heavy (non-hydrogen) atoms. The summed E-state index contributed by atoms with van der Waals surface area (Å²) in [6, 6.07) is 7.21. The van der Waals surface area contributed by atoms with Crippen molar-refractivity contribution in [2.45, 2.75) is 38.4 Å². The lowest BCUT2D eigenvalue weighted by atomic mass is 9.98. The number of carbonyl (C=O) groups excluding carboxylic acids is 2. The van der Waals surface area contributed by atoms with Crippen LogP contribution in [0.4, 0.5) is 5.69 Å². The predicted molar refractivity (Wildman–Crippen MR) is 98.4 cm³/mol. The van der Waals surface area contributed by atoms with E-state index in [4.69, 9.17) is 14.2 Å². The van der Waals surface area contributed by atoms with Gasteiger partial charge in [-0.05, 0) is 44.0 Å². The van der Waals surface area contributed by atoms with E-state index in [9.17, 15) is 9.59 Å². The number of ether oxygens (including phenoxy) is 3. The van der Waals surface area contributed by atoms with E-state index in [-0.39, 0.29) is 11.8 Å². The van der Waals surface area contributed by atoms with Crippen LogP contribution in [0.25, 0.3) is 0 Å². The van der Waals surface area contributed by atoms with Gasteiger partial charge in [-0.25, -0.2) is 0 Å². The Morgan fingerprint density at radius 3 is 2.26 bits per heavy atom. The van der Waals surface area contributed by atoms with Crippen molar-refractivity contribution in [1.29, 1.82) is 0 Å². The highest BCUT2D eigenvalue weighted by molar-refractivity contribution is 6.13. The summed E-state index contributed by atoms with van der Waals surface area (Å²) in [5.41, 5.74) is -0.242. The molecular weight excluding hydrogens is 348 g/mol. The van der Waals surface area contributed by atoms with Gasteiger partial charge in [0.2, 0.25) is 11.8 Å². The average Bonchev–Trinajstić information content (AvgIpc) is 3.39. The van der Waals surface area contributed by atoms with Crippen LogP contribution in [-0.4, -0.2) is 55.4 Å². The molecule has 0 radical (unpaired) electrons. The SMILES string of the molecule is CCOc1ccc(NC(=O)C2(C(=O)N3CCC4(CC3)OCCO4)CC2)cc1. The number of rotatable bonds is 5. The molecule has 1 aromatic rings. The first kappa shape index (κ1) is 18.3. The summed E-state index contributed by atoms with van der Waals surface area (Å²) >= 11 is 0. The van der Waals surface area contributed by atoms with Gasteiger partial charge in [-0.15, -0.1) is 0 Å². The zero-order valence-corrected chi connectivity index (χ0v) is 15.7. The summed E-state index contributed by atoms with van der Waals surface area (Å²) in [4.78, 5) is 27.6. The highest BCUT2D eigenvalue weighted by atomic mass is 16.7. The standard InChI is InChI=1S/C20H26N2O5/c1-2-25-16-5-3-15(4-6-16)21-17(23)19(7-8-19)18(24)22-11-9-20(10-12-22)26-13-14-27-20/h3-6H,2,7-14H2,1H3,(H,21,23). The molecule has 1 aromatic carbocycles. The molecule has 1 aliphatic carbocycles. The smallest absolute Gasteiger partial charge is 0.240 e. The molecule has 7 nitrogen and oxygen atoms in total. The molecule has 3 fully saturated rings. The van der Waals surface area contributed by atoms with Crippen molar-refractivity contribution in [3.8, 4) is 5.75 Å². The molecule has 2 heterocycles. The van der Waals surface area contributed by atoms with Gasteiger partial charge in [0.05, 0.1) is 19.8 Å². The van der Waals surface area contributed by atoms with E-state index in [1.54, 1.807) is 17.0 Å². The lowest BCUT2D eigenvalue weighted by molar-refractivity contribution is -0.188. The quantitative estimate of drug-likeness (QED) is 0.800. The van der Waals surface area contributed by atoms with Gasteiger partial charge in [0.1, 0.15) is 11.2 Å². The molecule has 146 valence electrons. The molecule has 1 saturated carbocycles. The van der Waals surface area contributed by atoms with Gasteiger partial charge in [0.15, 0.2) is 5.79 Å². The number of nitrogens with one attached hydrogen (secondary N) is 1. The summed E-state index contributed by atoms with van der Waals surface area (Å²) in [6.45, 7) is 4.88. The highest BCUT2D eigenvalue weighted by Crippen LogP contribution is 2.49. The minimum absolute atomic E-state index is 0.0706. The number of carbonyl (C=O) groups is 2. The average molecular weight is 374 g/mol. The molecule has 7 heteroatoms. The molecule has 2 aliphatic heterocycles. The maximum absolute atomic E-state index is 13.0. The first-order valence-electron chi connectivity index (χ1n) is 9.69. The van der Waals surface area contributed by atoms with Crippen LogP contribution in [0.1, 0.15) is 32.6 Å². The Bertz CT molecular complexity index is 698. The number of piperidine rings is 1. The Kier molecular flexibility index (Phi) is 4.82. The van der Waals surface area contributed by atoms with Gasteiger partial charge < -0.3 is 24.4 Å². The predicted octanol–water partition coefficient (Wildman–Crippen LogP) is 2.17. The van der Waals surface area contributed by atoms with Gasteiger partial charge in [0, 0.05) is 31.6 Å². The van der Waals surface area contributed by atoms with Gasteiger partial charge in [-0.1, -0.05) is 0 Å². The van der Waals surface area contributed by atoms with Crippen molar-refractivity contribution < 1.29 is 23.8 Å². The lowest BCUT2D eigenvalue weighted by Gasteiger charge is -2.38. The molecule has 0 bridgehead atoms. The second-order valence-electron chi connectivity index (χ2n) is 7.39. The molecule has 2 amide bonds. The first-order chi connectivity index (χ1) is 13.1. The maximum atomic E-state index is 13.0. The Balaban J connectivity index is 1.36. The van der Waals surface area contributed by atoms with Crippen molar-refractivity contribution >= 4 is 17.5 Å². The van der Waals surface area contributed by atoms with Crippen LogP contribution < -0.4 is 10.1 Å². The Morgan fingerprint density at radius 1 is 1.07 bits per heavy atom. The van der Waals surface area contributed by atoms with Crippen molar-refractivity contribution in [1.82, 2.24) is 4.90 Å². The maximum Gasteiger partial charge on any atom is 0.240 e. The second-order valence-corrected chi connectivity index (χ2v) is 7.39. The fourth-order valence-electron chi connectivity index (χ4n) is 3.85. The molecule has 1 spiro atoms. The monoisotopic (exact) mass is 374 g/mol. The second kappa shape index (κ2) is 7.13. The van der Waals surface area contributed by atoms with Gasteiger partial charge in [-0.2, -0.15) is 0 Å². The van der Waals surface area contributed by atoms with Crippen LogP contribution in [0.2, 0.25) is 0 Å². The number of hydrogen-bond acceptors (Lipinski definition) is 5. The normalized spacial score (nSPS) is 22.5. The first-order valence-corrected chi connectivity index (χ1v) is 9.69.